The van der Waals surface area contributed by atoms with E-state index in [-0.39, 0.29) is 0 Å². The van der Waals surface area contributed by atoms with E-state index in [0.29, 0.717) is 0 Å². The monoisotopic (exact) mass is 166 g/mol. The van der Waals surface area contributed by atoms with Crippen molar-refractivity contribution in [2.45, 2.75) is 20.0 Å². The van der Waals surface area contributed by atoms with Crippen LogP contribution in [0.3, 0.4) is 0 Å². The molecule has 1 aromatic carbocycles. The van der Waals surface area contributed by atoms with Crippen molar-refractivity contribution in [3.63, 3.8) is 0 Å². The molecule has 0 aliphatic carbocycles. The number of hydrogen-bond acceptors (Lipinski definition) is 1. The van der Waals surface area contributed by atoms with Crippen molar-refractivity contribution in [3.8, 4) is 0 Å². The summed E-state index contributed by atoms with van der Waals surface area (Å²) in [6.45, 7) is 5.92. The standard InChI is InChI=1S/C9H14OSi/c1-8-6-4-5-7-9(8)11(2,3)10/h4-7,10H,1-3H3. The molecule has 0 aromatic heterocycles. The van der Waals surface area contributed by atoms with E-state index in [1.807, 2.05) is 44.3 Å². The van der Waals surface area contributed by atoms with Gasteiger partial charge in [0, 0.05) is 0 Å². The predicted octanol–water partition coefficient (Wildman–Crippen LogP) is 1.40. The molecule has 2 heteroatoms. The lowest BCUT2D eigenvalue weighted by Crippen LogP contribution is -2.42. The van der Waals surface area contributed by atoms with E-state index in [2.05, 4.69) is 0 Å². The van der Waals surface area contributed by atoms with Crippen LogP contribution >= 0.6 is 0 Å². The van der Waals surface area contributed by atoms with Gasteiger partial charge in [0.05, 0.1) is 0 Å². The Bertz CT molecular complexity index is 250. The number of benzene rings is 1. The molecular weight excluding hydrogens is 152 g/mol. The van der Waals surface area contributed by atoms with Gasteiger partial charge < -0.3 is 4.80 Å². The second-order valence-electron chi connectivity index (χ2n) is 3.37. The average molecular weight is 166 g/mol. The summed E-state index contributed by atoms with van der Waals surface area (Å²) in [5, 5.41) is 1.14. The molecule has 0 aliphatic rings. The van der Waals surface area contributed by atoms with Gasteiger partial charge in [-0.2, -0.15) is 0 Å². The first-order valence-electron chi connectivity index (χ1n) is 3.80. The molecule has 0 heterocycles. The van der Waals surface area contributed by atoms with E-state index in [4.69, 9.17) is 0 Å². The van der Waals surface area contributed by atoms with Crippen molar-refractivity contribution in [1.29, 1.82) is 0 Å². The average Bonchev–Trinajstić information content (AvgIpc) is 1.86. The molecule has 0 saturated carbocycles. The van der Waals surface area contributed by atoms with Crippen molar-refractivity contribution >= 4 is 13.5 Å². The molecule has 0 fully saturated rings. The highest BCUT2D eigenvalue weighted by Crippen LogP contribution is 2.02. The first-order valence-corrected chi connectivity index (χ1v) is 6.75. The normalized spacial score (nSPS) is 11.6. The predicted molar refractivity (Wildman–Crippen MR) is 50.5 cm³/mol. The summed E-state index contributed by atoms with van der Waals surface area (Å²) in [6, 6.07) is 8.04. The van der Waals surface area contributed by atoms with Crippen LogP contribution in [0.2, 0.25) is 13.1 Å². The van der Waals surface area contributed by atoms with E-state index in [1.165, 1.54) is 5.56 Å². The van der Waals surface area contributed by atoms with Gasteiger partial charge in [-0.25, -0.2) is 0 Å². The molecule has 60 valence electrons. The van der Waals surface area contributed by atoms with Crippen LogP contribution in [0.4, 0.5) is 0 Å². The first-order chi connectivity index (χ1) is 5.02. The molecule has 0 saturated heterocycles. The summed E-state index contributed by atoms with van der Waals surface area (Å²) in [4.78, 5) is 9.81. The van der Waals surface area contributed by atoms with Crippen LogP contribution in [-0.4, -0.2) is 13.1 Å². The Morgan fingerprint density at radius 3 is 2.09 bits per heavy atom. The van der Waals surface area contributed by atoms with Crippen molar-refractivity contribution in [2.75, 3.05) is 0 Å². The zero-order valence-electron chi connectivity index (χ0n) is 7.26. The van der Waals surface area contributed by atoms with Gasteiger partial charge in [0.25, 0.3) is 0 Å². The Morgan fingerprint density at radius 1 is 1.18 bits per heavy atom. The molecule has 0 radical (unpaired) electrons. The maximum atomic E-state index is 9.81. The Kier molecular flexibility index (Phi) is 2.16. The van der Waals surface area contributed by atoms with E-state index in [9.17, 15) is 4.80 Å². The number of hydrogen-bond donors (Lipinski definition) is 1. The Labute approximate surface area is 68.8 Å². The van der Waals surface area contributed by atoms with E-state index in [0.717, 1.165) is 5.19 Å². The lowest BCUT2D eigenvalue weighted by molar-refractivity contribution is 0.568. The van der Waals surface area contributed by atoms with Crippen molar-refractivity contribution in [3.05, 3.63) is 29.8 Å². The van der Waals surface area contributed by atoms with Gasteiger partial charge in [-0.05, 0) is 30.8 Å². The fourth-order valence-electron chi connectivity index (χ4n) is 1.26. The van der Waals surface area contributed by atoms with Gasteiger partial charge in [-0.1, -0.05) is 24.3 Å². The molecule has 0 atom stereocenters. The van der Waals surface area contributed by atoms with E-state index < -0.39 is 8.32 Å². The highest BCUT2D eigenvalue weighted by atomic mass is 28.4. The molecule has 0 unspecified atom stereocenters. The maximum Gasteiger partial charge on any atom is 0.214 e. The summed E-state index contributed by atoms with van der Waals surface area (Å²) in [5.41, 5.74) is 1.20. The lowest BCUT2D eigenvalue weighted by atomic mass is 10.2. The SMILES string of the molecule is Cc1ccccc1[Si](C)(C)O. The van der Waals surface area contributed by atoms with Crippen LogP contribution in [0.15, 0.2) is 24.3 Å². The highest BCUT2D eigenvalue weighted by molar-refractivity contribution is 6.83. The molecular formula is C9H14OSi. The molecule has 1 rings (SSSR count). The van der Waals surface area contributed by atoms with Crippen LogP contribution in [0, 0.1) is 6.92 Å². The smallest absolute Gasteiger partial charge is 0.214 e. The minimum absolute atomic E-state index is 1.14. The highest BCUT2D eigenvalue weighted by Gasteiger charge is 2.21. The molecule has 1 nitrogen and oxygen atoms in total. The van der Waals surface area contributed by atoms with Crippen molar-refractivity contribution < 1.29 is 4.80 Å². The fourth-order valence-corrected chi connectivity index (χ4v) is 2.81. The molecule has 11 heavy (non-hydrogen) atoms. The summed E-state index contributed by atoms with van der Waals surface area (Å²) >= 11 is 0. The minimum Gasteiger partial charge on any atom is -0.428 e. The summed E-state index contributed by atoms with van der Waals surface area (Å²) in [6.07, 6.45) is 0. The molecule has 0 aliphatic heterocycles. The second-order valence-corrected chi connectivity index (χ2v) is 7.03. The Morgan fingerprint density at radius 2 is 1.73 bits per heavy atom. The zero-order chi connectivity index (χ0) is 8.48. The molecule has 0 spiro atoms. The second kappa shape index (κ2) is 2.79. The van der Waals surface area contributed by atoms with Gasteiger partial charge in [0.15, 0.2) is 0 Å². The third-order valence-electron chi connectivity index (χ3n) is 1.80. The van der Waals surface area contributed by atoms with Crippen LogP contribution in [-0.2, 0) is 0 Å². The quantitative estimate of drug-likeness (QED) is 0.625. The van der Waals surface area contributed by atoms with Crippen LogP contribution in [0.1, 0.15) is 5.56 Å². The van der Waals surface area contributed by atoms with Gasteiger partial charge in [0.1, 0.15) is 0 Å². The topological polar surface area (TPSA) is 20.2 Å². The van der Waals surface area contributed by atoms with Crippen LogP contribution in [0.5, 0.6) is 0 Å². The molecule has 0 bridgehead atoms. The van der Waals surface area contributed by atoms with Gasteiger partial charge in [-0.3, -0.25) is 0 Å². The maximum absolute atomic E-state index is 9.81. The molecule has 1 N–H and O–H groups in total. The van der Waals surface area contributed by atoms with Gasteiger partial charge in [-0.15, -0.1) is 0 Å². The largest absolute Gasteiger partial charge is 0.428 e. The van der Waals surface area contributed by atoms with Gasteiger partial charge >= 0.3 is 0 Å². The summed E-state index contributed by atoms with van der Waals surface area (Å²) in [7, 11) is -2.08. The number of rotatable bonds is 1. The lowest BCUT2D eigenvalue weighted by Gasteiger charge is -2.16. The summed E-state index contributed by atoms with van der Waals surface area (Å²) in [5.74, 6) is 0. The summed E-state index contributed by atoms with van der Waals surface area (Å²) < 4.78 is 0. The number of aryl methyl sites for hydroxylation is 1. The third kappa shape index (κ3) is 1.91. The minimum atomic E-state index is -2.08. The van der Waals surface area contributed by atoms with Crippen molar-refractivity contribution in [2.24, 2.45) is 0 Å². The first kappa shape index (κ1) is 8.49. The fraction of sp³-hybridized carbons (Fsp3) is 0.333. The molecule has 0 amide bonds. The van der Waals surface area contributed by atoms with Crippen LogP contribution in [0.25, 0.3) is 0 Å². The Hall–Kier alpha value is -0.603. The van der Waals surface area contributed by atoms with Crippen LogP contribution < -0.4 is 5.19 Å². The van der Waals surface area contributed by atoms with Gasteiger partial charge in [0.2, 0.25) is 8.32 Å². The van der Waals surface area contributed by atoms with E-state index >= 15 is 0 Å². The van der Waals surface area contributed by atoms with Crippen molar-refractivity contribution in [1.82, 2.24) is 0 Å². The Balaban J connectivity index is 3.14. The van der Waals surface area contributed by atoms with E-state index in [1.54, 1.807) is 0 Å². The zero-order valence-corrected chi connectivity index (χ0v) is 8.26. The third-order valence-corrected chi connectivity index (χ3v) is 3.68. The molecule has 1 aromatic rings.